The molecule has 0 saturated heterocycles. The van der Waals surface area contributed by atoms with E-state index in [2.05, 4.69) is 24.3 Å². The van der Waals surface area contributed by atoms with Gasteiger partial charge in [-0.1, -0.05) is 27.7 Å². The summed E-state index contributed by atoms with van der Waals surface area (Å²) in [4.78, 5) is 0.275. The van der Waals surface area contributed by atoms with Crippen molar-refractivity contribution in [1.82, 2.24) is 19.4 Å². The van der Waals surface area contributed by atoms with E-state index in [4.69, 9.17) is 0 Å². The molecule has 0 atom stereocenters. The monoisotopic (exact) mass is 302 g/mol. The van der Waals surface area contributed by atoms with Crippen LogP contribution in [0.5, 0.6) is 0 Å². The lowest BCUT2D eigenvalue weighted by atomic mass is 10.4. The van der Waals surface area contributed by atoms with Gasteiger partial charge < -0.3 is 5.32 Å². The Bertz CT molecular complexity index is 496. The summed E-state index contributed by atoms with van der Waals surface area (Å²) in [7, 11) is -3.40. The van der Waals surface area contributed by atoms with Crippen molar-refractivity contribution in [1.29, 1.82) is 0 Å². The fourth-order valence-electron chi connectivity index (χ4n) is 1.91. The largest absolute Gasteiger partial charge is 0.313 e. The molecule has 7 heteroatoms. The van der Waals surface area contributed by atoms with Crippen molar-refractivity contribution in [3.63, 3.8) is 0 Å². The van der Waals surface area contributed by atoms with Crippen molar-refractivity contribution in [2.75, 3.05) is 19.6 Å². The molecule has 0 fully saturated rings. The molecule has 1 rings (SSSR count). The van der Waals surface area contributed by atoms with Gasteiger partial charge in [-0.05, 0) is 6.42 Å². The molecule has 0 aromatic carbocycles. The second-order valence-corrected chi connectivity index (χ2v) is 6.98. The third-order valence-electron chi connectivity index (χ3n) is 2.97. The van der Waals surface area contributed by atoms with Crippen molar-refractivity contribution in [2.24, 2.45) is 0 Å². The Hall–Kier alpha value is -0.920. The highest BCUT2D eigenvalue weighted by atomic mass is 32.2. The molecule has 0 unspecified atom stereocenters. The van der Waals surface area contributed by atoms with Gasteiger partial charge in [0, 0.05) is 31.9 Å². The maximum absolute atomic E-state index is 12.4. The van der Waals surface area contributed by atoms with Gasteiger partial charge in [0.25, 0.3) is 0 Å². The molecule has 20 heavy (non-hydrogen) atoms. The van der Waals surface area contributed by atoms with Crippen molar-refractivity contribution < 1.29 is 8.42 Å². The highest BCUT2D eigenvalue weighted by Crippen LogP contribution is 2.14. The highest BCUT2D eigenvalue weighted by Gasteiger charge is 2.23. The number of nitrogens with one attached hydrogen (secondary N) is 1. The Morgan fingerprint density at radius 3 is 2.65 bits per heavy atom. The maximum Gasteiger partial charge on any atom is 0.246 e. The predicted molar refractivity (Wildman–Crippen MR) is 80.1 cm³/mol. The third kappa shape index (κ3) is 4.57. The summed E-state index contributed by atoms with van der Waals surface area (Å²) in [6, 6.07) is 0.411. The van der Waals surface area contributed by atoms with Crippen molar-refractivity contribution in [2.45, 2.75) is 51.6 Å². The molecule has 0 aliphatic heterocycles. The zero-order chi connectivity index (χ0) is 15.2. The zero-order valence-corrected chi connectivity index (χ0v) is 13.7. The average molecular weight is 302 g/mol. The van der Waals surface area contributed by atoms with Gasteiger partial charge in [-0.25, -0.2) is 8.42 Å². The van der Waals surface area contributed by atoms with E-state index >= 15 is 0 Å². The van der Waals surface area contributed by atoms with Gasteiger partial charge >= 0.3 is 0 Å². The van der Waals surface area contributed by atoms with Crippen LogP contribution in [0.2, 0.25) is 0 Å². The standard InChI is InChI=1S/C13H26N4O2S/c1-5-8-17(6-2)20(18,19)13-10-15-16(11-13)9-7-14-12(3)4/h10-12,14H,5-9H2,1-4H3. The molecular formula is C13H26N4O2S. The summed E-state index contributed by atoms with van der Waals surface area (Å²) < 4.78 is 28.0. The molecule has 0 aliphatic rings. The molecule has 0 spiro atoms. The predicted octanol–water partition coefficient (Wildman–Crippen LogP) is 1.30. The number of nitrogens with zero attached hydrogens (tertiary/aromatic N) is 3. The van der Waals surface area contributed by atoms with Crippen LogP contribution in [0, 0.1) is 0 Å². The first kappa shape index (κ1) is 17.1. The second-order valence-electron chi connectivity index (χ2n) is 5.04. The number of hydrogen-bond acceptors (Lipinski definition) is 4. The average Bonchev–Trinajstić information content (AvgIpc) is 2.84. The van der Waals surface area contributed by atoms with Crippen LogP contribution in [0.15, 0.2) is 17.3 Å². The van der Waals surface area contributed by atoms with Crippen LogP contribution < -0.4 is 5.32 Å². The van der Waals surface area contributed by atoms with Gasteiger partial charge in [0.15, 0.2) is 0 Å². The van der Waals surface area contributed by atoms with Crippen LogP contribution in [0.4, 0.5) is 0 Å². The van der Waals surface area contributed by atoms with Gasteiger partial charge in [0.2, 0.25) is 10.0 Å². The second kappa shape index (κ2) is 7.75. The number of sulfonamides is 1. The first-order chi connectivity index (χ1) is 9.41. The molecule has 1 aromatic heterocycles. The molecule has 1 heterocycles. The van der Waals surface area contributed by atoms with Gasteiger partial charge in [-0.3, -0.25) is 4.68 Å². The third-order valence-corrected chi connectivity index (χ3v) is 4.89. The molecular weight excluding hydrogens is 276 g/mol. The summed E-state index contributed by atoms with van der Waals surface area (Å²) in [6.07, 6.45) is 3.85. The van der Waals surface area contributed by atoms with E-state index in [-0.39, 0.29) is 4.90 Å². The Morgan fingerprint density at radius 1 is 1.40 bits per heavy atom. The van der Waals surface area contributed by atoms with E-state index in [0.29, 0.717) is 25.7 Å². The SMILES string of the molecule is CCCN(CC)S(=O)(=O)c1cnn(CCNC(C)C)c1. The van der Waals surface area contributed by atoms with Crippen molar-refractivity contribution in [3.05, 3.63) is 12.4 Å². The number of rotatable bonds is 9. The van der Waals surface area contributed by atoms with E-state index in [9.17, 15) is 8.42 Å². The van der Waals surface area contributed by atoms with E-state index < -0.39 is 10.0 Å². The molecule has 1 N–H and O–H groups in total. The van der Waals surface area contributed by atoms with Crippen LogP contribution in [-0.2, 0) is 16.6 Å². The minimum Gasteiger partial charge on any atom is -0.313 e. The zero-order valence-electron chi connectivity index (χ0n) is 12.8. The minimum atomic E-state index is -3.40. The Kier molecular flexibility index (Phi) is 6.64. The quantitative estimate of drug-likeness (QED) is 0.746. The van der Waals surface area contributed by atoms with E-state index in [1.54, 1.807) is 10.9 Å². The highest BCUT2D eigenvalue weighted by molar-refractivity contribution is 7.89. The van der Waals surface area contributed by atoms with Crippen LogP contribution in [0.1, 0.15) is 34.1 Å². The van der Waals surface area contributed by atoms with E-state index in [1.807, 2.05) is 13.8 Å². The first-order valence-corrected chi connectivity index (χ1v) is 8.61. The number of hydrogen-bond donors (Lipinski definition) is 1. The molecule has 0 radical (unpaired) electrons. The van der Waals surface area contributed by atoms with Gasteiger partial charge in [-0.15, -0.1) is 0 Å². The fraction of sp³-hybridized carbons (Fsp3) is 0.769. The molecule has 0 amide bonds. The summed E-state index contributed by atoms with van der Waals surface area (Å²) in [5.74, 6) is 0. The topological polar surface area (TPSA) is 67.2 Å². The molecule has 0 aliphatic carbocycles. The van der Waals surface area contributed by atoms with Gasteiger partial charge in [-0.2, -0.15) is 9.40 Å². The van der Waals surface area contributed by atoms with E-state index in [0.717, 1.165) is 13.0 Å². The minimum absolute atomic E-state index is 0.275. The lowest BCUT2D eigenvalue weighted by Crippen LogP contribution is -2.31. The summed E-state index contributed by atoms with van der Waals surface area (Å²) in [5, 5.41) is 7.40. The normalized spacial score (nSPS) is 12.5. The van der Waals surface area contributed by atoms with Crippen molar-refractivity contribution in [3.8, 4) is 0 Å². The summed E-state index contributed by atoms with van der Waals surface area (Å²) in [5.41, 5.74) is 0. The van der Waals surface area contributed by atoms with Gasteiger partial charge in [0.05, 0.1) is 12.7 Å². The lowest BCUT2D eigenvalue weighted by molar-refractivity contribution is 0.427. The summed E-state index contributed by atoms with van der Waals surface area (Å²) in [6.45, 7) is 10.4. The maximum atomic E-state index is 12.4. The first-order valence-electron chi connectivity index (χ1n) is 7.17. The number of aromatic nitrogens is 2. The molecule has 1 aromatic rings. The molecule has 0 saturated carbocycles. The lowest BCUT2D eigenvalue weighted by Gasteiger charge is -2.18. The van der Waals surface area contributed by atoms with Crippen LogP contribution in [0.3, 0.4) is 0 Å². The van der Waals surface area contributed by atoms with Crippen LogP contribution in [0.25, 0.3) is 0 Å². The Balaban J connectivity index is 2.74. The van der Waals surface area contributed by atoms with Gasteiger partial charge in [0.1, 0.15) is 4.90 Å². The summed E-state index contributed by atoms with van der Waals surface area (Å²) >= 11 is 0. The van der Waals surface area contributed by atoms with Crippen molar-refractivity contribution >= 4 is 10.0 Å². The Labute approximate surface area is 122 Å². The smallest absolute Gasteiger partial charge is 0.246 e. The molecule has 6 nitrogen and oxygen atoms in total. The molecule has 0 bridgehead atoms. The molecule has 116 valence electrons. The van der Waals surface area contributed by atoms with E-state index in [1.165, 1.54) is 10.5 Å². The van der Waals surface area contributed by atoms with Crippen LogP contribution >= 0.6 is 0 Å². The van der Waals surface area contributed by atoms with Crippen LogP contribution in [-0.4, -0.2) is 48.2 Å². The Morgan fingerprint density at radius 2 is 2.10 bits per heavy atom. The fourth-order valence-corrected chi connectivity index (χ4v) is 3.41.